The Morgan fingerprint density at radius 3 is 2.43 bits per heavy atom. The fourth-order valence-corrected chi connectivity index (χ4v) is 5.39. The van der Waals surface area contributed by atoms with Gasteiger partial charge >= 0.3 is 5.97 Å². The lowest BCUT2D eigenvalue weighted by Gasteiger charge is -2.41. The first-order chi connectivity index (χ1) is 18.1. The number of ether oxygens (including phenoxy) is 2. The summed E-state index contributed by atoms with van der Waals surface area (Å²) in [5.41, 5.74) is 3.17. The van der Waals surface area contributed by atoms with Crippen molar-refractivity contribution < 1.29 is 23.8 Å². The Bertz CT molecular complexity index is 1280. The molecule has 6 heteroatoms. The Morgan fingerprint density at radius 1 is 1.00 bits per heavy atom. The van der Waals surface area contributed by atoms with Gasteiger partial charge in [0.15, 0.2) is 12.4 Å². The quantitative estimate of drug-likeness (QED) is 0.276. The minimum atomic E-state index is -0.997. The van der Waals surface area contributed by atoms with Crippen LogP contribution in [-0.4, -0.2) is 29.8 Å². The highest BCUT2D eigenvalue weighted by molar-refractivity contribution is 5.76. The van der Waals surface area contributed by atoms with Crippen molar-refractivity contribution in [2.45, 2.75) is 37.7 Å². The number of carboxylic acid groups (broad SMARTS) is 1. The van der Waals surface area contributed by atoms with Crippen LogP contribution in [0.25, 0.3) is 22.6 Å². The number of aromatic nitrogens is 1. The zero-order chi connectivity index (χ0) is 25.7. The molecule has 4 aromatic rings. The van der Waals surface area contributed by atoms with Crippen molar-refractivity contribution in [1.29, 1.82) is 0 Å². The Balaban J connectivity index is 1.53. The van der Waals surface area contributed by atoms with Crippen LogP contribution in [-0.2, 0) is 21.6 Å². The molecule has 0 unspecified atom stereocenters. The molecule has 1 fully saturated rings. The molecule has 1 saturated carbocycles. The number of benzene rings is 3. The molecule has 1 N–H and O–H groups in total. The van der Waals surface area contributed by atoms with E-state index in [9.17, 15) is 4.79 Å². The second kappa shape index (κ2) is 11.0. The number of nitrogens with zero attached hydrogens (tertiary/aromatic N) is 1. The van der Waals surface area contributed by atoms with E-state index in [1.54, 1.807) is 13.2 Å². The third-order valence-electron chi connectivity index (χ3n) is 7.19. The Labute approximate surface area is 216 Å². The normalized spacial score (nSPS) is 19.4. The molecule has 1 aliphatic carbocycles. The molecule has 1 aromatic heterocycles. The highest BCUT2D eigenvalue weighted by atomic mass is 16.5. The molecule has 190 valence electrons. The summed E-state index contributed by atoms with van der Waals surface area (Å²) in [5.74, 6) is 1.03. The van der Waals surface area contributed by atoms with Crippen molar-refractivity contribution >= 4 is 5.97 Å². The molecule has 0 spiro atoms. The maximum absolute atomic E-state index is 10.9. The first kappa shape index (κ1) is 24.8. The van der Waals surface area contributed by atoms with E-state index in [0.29, 0.717) is 11.6 Å². The van der Waals surface area contributed by atoms with Gasteiger partial charge in [-0.05, 0) is 37.0 Å². The van der Waals surface area contributed by atoms with Crippen LogP contribution in [0.2, 0.25) is 0 Å². The number of oxazole rings is 1. The van der Waals surface area contributed by atoms with Gasteiger partial charge < -0.3 is 19.0 Å². The van der Waals surface area contributed by atoms with Crippen LogP contribution in [0, 0.1) is 5.92 Å². The van der Waals surface area contributed by atoms with Crippen LogP contribution >= 0.6 is 0 Å². The van der Waals surface area contributed by atoms with Crippen molar-refractivity contribution in [3.8, 4) is 28.3 Å². The predicted molar refractivity (Wildman–Crippen MR) is 141 cm³/mol. The summed E-state index contributed by atoms with van der Waals surface area (Å²) in [5, 5.41) is 8.96. The number of carbonyl (C=O) groups is 1. The number of aliphatic carboxylic acids is 1. The molecule has 2 atom stereocenters. The van der Waals surface area contributed by atoms with Crippen LogP contribution in [0.4, 0.5) is 0 Å². The lowest BCUT2D eigenvalue weighted by atomic mass is 9.72. The summed E-state index contributed by atoms with van der Waals surface area (Å²) in [6.45, 7) is -0.365. The van der Waals surface area contributed by atoms with Gasteiger partial charge in [-0.3, -0.25) is 0 Å². The maximum Gasteiger partial charge on any atom is 0.341 e. The van der Waals surface area contributed by atoms with Crippen molar-refractivity contribution in [2.24, 2.45) is 5.92 Å². The lowest BCUT2D eigenvalue weighted by molar-refractivity contribution is -0.139. The third-order valence-corrected chi connectivity index (χ3v) is 7.19. The first-order valence-corrected chi connectivity index (χ1v) is 12.7. The topological polar surface area (TPSA) is 81.8 Å². The number of hydrogen-bond acceptors (Lipinski definition) is 5. The molecule has 37 heavy (non-hydrogen) atoms. The molecule has 0 aliphatic heterocycles. The smallest absolute Gasteiger partial charge is 0.341 e. The third kappa shape index (κ3) is 5.30. The Hall–Kier alpha value is -3.90. The van der Waals surface area contributed by atoms with Gasteiger partial charge in [-0.2, -0.15) is 0 Å². The second-order valence-electron chi connectivity index (χ2n) is 9.50. The van der Waals surface area contributed by atoms with Crippen LogP contribution in [0.15, 0.2) is 89.3 Å². The average molecular weight is 498 g/mol. The minimum Gasteiger partial charge on any atom is -0.482 e. The molecule has 3 aromatic carbocycles. The van der Waals surface area contributed by atoms with Crippen LogP contribution in [0.1, 0.15) is 37.1 Å². The fraction of sp³-hybridized carbons (Fsp3) is 0.290. The number of rotatable bonds is 9. The second-order valence-corrected chi connectivity index (χ2v) is 9.50. The first-order valence-electron chi connectivity index (χ1n) is 12.7. The highest BCUT2D eigenvalue weighted by Crippen LogP contribution is 2.48. The van der Waals surface area contributed by atoms with E-state index in [2.05, 4.69) is 12.1 Å². The molecule has 0 radical (unpaired) electrons. The van der Waals surface area contributed by atoms with Crippen molar-refractivity contribution in [2.75, 3.05) is 13.7 Å². The summed E-state index contributed by atoms with van der Waals surface area (Å²) in [7, 11) is 1.75. The van der Waals surface area contributed by atoms with E-state index < -0.39 is 11.6 Å². The van der Waals surface area contributed by atoms with Gasteiger partial charge in [0.05, 0.1) is 0 Å². The number of carboxylic acids is 1. The van der Waals surface area contributed by atoms with Gasteiger partial charge in [-0.1, -0.05) is 85.6 Å². The zero-order valence-corrected chi connectivity index (χ0v) is 20.9. The zero-order valence-electron chi connectivity index (χ0n) is 20.9. The Morgan fingerprint density at radius 2 is 1.73 bits per heavy atom. The van der Waals surface area contributed by atoms with Crippen LogP contribution < -0.4 is 4.74 Å². The van der Waals surface area contributed by atoms with Gasteiger partial charge in [-0.25, -0.2) is 9.78 Å². The van der Waals surface area contributed by atoms with E-state index in [1.165, 1.54) is 0 Å². The molecule has 0 saturated heterocycles. The van der Waals surface area contributed by atoms with Gasteiger partial charge in [-0.15, -0.1) is 0 Å². The molecule has 0 bridgehead atoms. The summed E-state index contributed by atoms with van der Waals surface area (Å²) in [4.78, 5) is 16.0. The van der Waals surface area contributed by atoms with E-state index in [-0.39, 0.29) is 12.5 Å². The van der Waals surface area contributed by atoms with E-state index in [1.807, 2.05) is 66.7 Å². The van der Waals surface area contributed by atoms with Crippen LogP contribution in [0.5, 0.6) is 5.75 Å². The van der Waals surface area contributed by atoms with E-state index >= 15 is 0 Å². The van der Waals surface area contributed by atoms with Gasteiger partial charge in [0.1, 0.15) is 17.0 Å². The largest absolute Gasteiger partial charge is 0.482 e. The van der Waals surface area contributed by atoms with Crippen LogP contribution in [0.3, 0.4) is 0 Å². The molecule has 0 amide bonds. The monoisotopic (exact) mass is 497 g/mol. The van der Waals surface area contributed by atoms with Gasteiger partial charge in [0.25, 0.3) is 0 Å². The Kier molecular flexibility index (Phi) is 7.37. The number of methoxy groups -OCH3 is 1. The molecule has 6 nitrogen and oxygen atoms in total. The van der Waals surface area contributed by atoms with Gasteiger partial charge in [0, 0.05) is 24.2 Å². The van der Waals surface area contributed by atoms with E-state index in [4.69, 9.17) is 24.0 Å². The van der Waals surface area contributed by atoms with Gasteiger partial charge in [0.2, 0.25) is 5.89 Å². The van der Waals surface area contributed by atoms with E-state index in [0.717, 1.165) is 60.2 Å². The van der Waals surface area contributed by atoms with Crippen molar-refractivity contribution in [3.05, 3.63) is 96.4 Å². The summed E-state index contributed by atoms with van der Waals surface area (Å²) in [6, 6.07) is 27.8. The SMILES string of the molecule is CO[C@]1(c2nc(-c3ccccc3)c(-c3ccccc3)o2)CCCC[C@H]1Cc1cccc(OCC(=O)O)c1. The highest BCUT2D eigenvalue weighted by Gasteiger charge is 2.47. The predicted octanol–water partition coefficient (Wildman–Crippen LogP) is 6.75. The standard InChI is InChI=1S/C31H31NO5/c1-35-31(18-9-8-16-25(31)19-22-11-10-17-26(20-22)36-21-27(33)34)30-32-28(23-12-4-2-5-13-23)29(37-30)24-14-6-3-7-15-24/h2-7,10-15,17,20,25H,8-9,16,18-19,21H2,1H3,(H,33,34)/t25-,31+/m0/s1. The molecule has 5 rings (SSSR count). The van der Waals surface area contributed by atoms with Crippen molar-refractivity contribution in [3.63, 3.8) is 0 Å². The molecular formula is C31H31NO5. The summed E-state index contributed by atoms with van der Waals surface area (Å²) < 4.78 is 18.4. The maximum atomic E-state index is 10.9. The molecule has 1 heterocycles. The summed E-state index contributed by atoms with van der Waals surface area (Å²) in [6.07, 6.45) is 4.64. The number of hydrogen-bond donors (Lipinski definition) is 1. The fourth-order valence-electron chi connectivity index (χ4n) is 5.39. The molecule has 1 aliphatic rings. The molecular weight excluding hydrogens is 466 g/mol. The average Bonchev–Trinajstić information content (AvgIpc) is 3.40. The minimum absolute atomic E-state index is 0.131. The summed E-state index contributed by atoms with van der Waals surface area (Å²) >= 11 is 0. The van der Waals surface area contributed by atoms with Crippen molar-refractivity contribution in [1.82, 2.24) is 4.98 Å². The lowest BCUT2D eigenvalue weighted by Crippen LogP contribution is -2.41.